The highest BCUT2D eigenvalue weighted by atomic mass is 16.2. The number of amides is 1. The second-order valence-electron chi connectivity index (χ2n) is 6.73. The number of hydrogen-bond donors (Lipinski definition) is 1. The lowest BCUT2D eigenvalue weighted by atomic mass is 10.2. The van der Waals surface area contributed by atoms with Crippen LogP contribution in [0.1, 0.15) is 21.6 Å². The molecule has 0 unspecified atom stereocenters. The first-order valence-corrected chi connectivity index (χ1v) is 9.67. The Labute approximate surface area is 175 Å². The zero-order valence-electron chi connectivity index (χ0n) is 16.3. The van der Waals surface area contributed by atoms with E-state index in [4.69, 9.17) is 0 Å². The molecule has 0 bridgehead atoms. The van der Waals surface area contributed by atoms with E-state index >= 15 is 0 Å². The summed E-state index contributed by atoms with van der Waals surface area (Å²) in [5, 5.41) is 11.5. The molecule has 0 saturated carbocycles. The average molecular weight is 395 g/mol. The fourth-order valence-corrected chi connectivity index (χ4v) is 3.03. The van der Waals surface area contributed by atoms with Crippen LogP contribution in [-0.4, -0.2) is 21.1 Å². The largest absolute Gasteiger partial charge is 0.365 e. The van der Waals surface area contributed by atoms with Gasteiger partial charge in [-0.05, 0) is 47.5 Å². The van der Waals surface area contributed by atoms with Gasteiger partial charge in [-0.2, -0.15) is 0 Å². The van der Waals surface area contributed by atoms with Gasteiger partial charge in [-0.3, -0.25) is 9.78 Å². The monoisotopic (exact) mass is 395 g/mol. The Morgan fingerprint density at radius 2 is 1.47 bits per heavy atom. The standard InChI is InChI=1S/C24H21N5O/c30-24(22-11-12-23(28-27-22)26-17-19-13-15-25-16-14-19)29(21-9-5-2-6-10-21)18-20-7-3-1-4-8-20/h1-16H,17-18H2,(H,26,28). The van der Waals surface area contributed by atoms with Crippen molar-refractivity contribution >= 4 is 17.4 Å². The Hall–Kier alpha value is -4.06. The van der Waals surface area contributed by atoms with Gasteiger partial charge in [-0.25, -0.2) is 0 Å². The average Bonchev–Trinajstić information content (AvgIpc) is 2.83. The van der Waals surface area contributed by atoms with Gasteiger partial charge in [0.15, 0.2) is 5.69 Å². The lowest BCUT2D eigenvalue weighted by molar-refractivity contribution is 0.0979. The molecule has 0 fully saturated rings. The molecule has 0 aliphatic carbocycles. The Balaban J connectivity index is 1.51. The highest BCUT2D eigenvalue weighted by Gasteiger charge is 2.20. The molecule has 2 heterocycles. The number of carbonyl (C=O) groups is 1. The summed E-state index contributed by atoms with van der Waals surface area (Å²) in [5.74, 6) is 0.413. The van der Waals surface area contributed by atoms with Gasteiger partial charge in [0, 0.05) is 24.6 Å². The maximum atomic E-state index is 13.2. The van der Waals surface area contributed by atoms with Gasteiger partial charge in [-0.1, -0.05) is 48.5 Å². The van der Waals surface area contributed by atoms with E-state index in [9.17, 15) is 4.79 Å². The fraction of sp³-hybridized carbons (Fsp3) is 0.0833. The number of para-hydroxylation sites is 1. The molecule has 2 aromatic carbocycles. The minimum atomic E-state index is -0.196. The Morgan fingerprint density at radius 3 is 2.13 bits per heavy atom. The smallest absolute Gasteiger partial charge is 0.279 e. The van der Waals surface area contributed by atoms with Crippen molar-refractivity contribution in [1.82, 2.24) is 15.2 Å². The van der Waals surface area contributed by atoms with Gasteiger partial charge in [-0.15, -0.1) is 10.2 Å². The van der Waals surface area contributed by atoms with Crippen LogP contribution in [0.4, 0.5) is 11.5 Å². The van der Waals surface area contributed by atoms with E-state index in [0.29, 0.717) is 24.6 Å². The SMILES string of the molecule is O=C(c1ccc(NCc2ccncc2)nn1)N(Cc1ccccc1)c1ccccc1. The number of carbonyl (C=O) groups excluding carboxylic acids is 1. The first-order chi connectivity index (χ1) is 14.8. The number of pyridine rings is 1. The summed E-state index contributed by atoms with van der Waals surface area (Å²) in [4.78, 5) is 19.0. The van der Waals surface area contributed by atoms with Crippen molar-refractivity contribution in [2.75, 3.05) is 10.2 Å². The zero-order chi connectivity index (χ0) is 20.6. The third-order valence-corrected chi connectivity index (χ3v) is 4.60. The van der Waals surface area contributed by atoms with E-state index in [2.05, 4.69) is 20.5 Å². The van der Waals surface area contributed by atoms with E-state index in [-0.39, 0.29) is 5.91 Å². The summed E-state index contributed by atoms with van der Waals surface area (Å²) >= 11 is 0. The van der Waals surface area contributed by atoms with Crippen molar-refractivity contribution < 1.29 is 4.79 Å². The molecule has 0 atom stereocenters. The number of anilines is 2. The van der Waals surface area contributed by atoms with Crippen molar-refractivity contribution in [1.29, 1.82) is 0 Å². The maximum Gasteiger partial charge on any atom is 0.279 e. The van der Waals surface area contributed by atoms with E-state index < -0.39 is 0 Å². The second kappa shape index (κ2) is 9.43. The minimum absolute atomic E-state index is 0.196. The molecule has 30 heavy (non-hydrogen) atoms. The fourth-order valence-electron chi connectivity index (χ4n) is 3.03. The Kier molecular flexibility index (Phi) is 6.05. The summed E-state index contributed by atoms with van der Waals surface area (Å²) in [6.45, 7) is 1.06. The Morgan fingerprint density at radius 1 is 0.767 bits per heavy atom. The lowest BCUT2D eigenvalue weighted by Gasteiger charge is -2.22. The normalized spacial score (nSPS) is 10.4. The van der Waals surface area contributed by atoms with Crippen molar-refractivity contribution in [2.45, 2.75) is 13.1 Å². The van der Waals surface area contributed by atoms with Crippen molar-refractivity contribution in [3.05, 3.63) is 114 Å². The number of aromatic nitrogens is 3. The first-order valence-electron chi connectivity index (χ1n) is 9.67. The predicted octanol–water partition coefficient (Wildman–Crippen LogP) is 4.33. The molecule has 0 aliphatic rings. The minimum Gasteiger partial charge on any atom is -0.365 e. The quantitative estimate of drug-likeness (QED) is 0.504. The molecule has 6 nitrogen and oxygen atoms in total. The van der Waals surface area contributed by atoms with Crippen LogP contribution in [0.2, 0.25) is 0 Å². The number of nitrogens with zero attached hydrogens (tertiary/aromatic N) is 4. The van der Waals surface area contributed by atoms with Crippen LogP contribution in [0.25, 0.3) is 0 Å². The first kappa shape index (κ1) is 19.3. The van der Waals surface area contributed by atoms with Crippen LogP contribution in [0.3, 0.4) is 0 Å². The summed E-state index contributed by atoms with van der Waals surface area (Å²) in [7, 11) is 0. The van der Waals surface area contributed by atoms with Gasteiger partial charge in [0.2, 0.25) is 0 Å². The zero-order valence-corrected chi connectivity index (χ0v) is 16.3. The highest BCUT2D eigenvalue weighted by molar-refractivity contribution is 6.04. The number of benzene rings is 2. The molecule has 0 saturated heterocycles. The van der Waals surface area contributed by atoms with E-state index in [1.807, 2.05) is 72.8 Å². The topological polar surface area (TPSA) is 71.0 Å². The second-order valence-corrected chi connectivity index (χ2v) is 6.73. The molecule has 4 aromatic rings. The molecular weight excluding hydrogens is 374 g/mol. The third kappa shape index (κ3) is 4.86. The number of rotatable bonds is 7. The predicted molar refractivity (Wildman–Crippen MR) is 117 cm³/mol. The van der Waals surface area contributed by atoms with Crippen LogP contribution in [0.15, 0.2) is 97.3 Å². The summed E-state index contributed by atoms with van der Waals surface area (Å²) in [6.07, 6.45) is 3.49. The van der Waals surface area contributed by atoms with Gasteiger partial charge in [0.25, 0.3) is 5.91 Å². The summed E-state index contributed by atoms with van der Waals surface area (Å²) in [6, 6.07) is 26.8. The van der Waals surface area contributed by atoms with Crippen LogP contribution in [0, 0.1) is 0 Å². The third-order valence-electron chi connectivity index (χ3n) is 4.60. The number of nitrogens with one attached hydrogen (secondary N) is 1. The summed E-state index contributed by atoms with van der Waals surface area (Å²) < 4.78 is 0. The summed E-state index contributed by atoms with van der Waals surface area (Å²) in [5.41, 5.74) is 3.24. The van der Waals surface area contributed by atoms with Crippen molar-refractivity contribution in [3.8, 4) is 0 Å². The van der Waals surface area contributed by atoms with Crippen molar-refractivity contribution in [3.63, 3.8) is 0 Å². The van der Waals surface area contributed by atoms with Gasteiger partial charge in [0.1, 0.15) is 5.82 Å². The van der Waals surface area contributed by atoms with Crippen LogP contribution in [0.5, 0.6) is 0 Å². The van der Waals surface area contributed by atoms with E-state index in [1.165, 1.54) is 0 Å². The molecule has 1 amide bonds. The van der Waals surface area contributed by atoms with E-state index in [0.717, 1.165) is 16.8 Å². The lowest BCUT2D eigenvalue weighted by Crippen LogP contribution is -2.31. The molecule has 2 aromatic heterocycles. The molecule has 6 heteroatoms. The molecule has 0 aliphatic heterocycles. The van der Waals surface area contributed by atoms with Crippen molar-refractivity contribution in [2.24, 2.45) is 0 Å². The molecule has 0 spiro atoms. The Bertz CT molecular complexity index is 1070. The number of hydrogen-bond acceptors (Lipinski definition) is 5. The van der Waals surface area contributed by atoms with E-state index in [1.54, 1.807) is 29.4 Å². The molecule has 0 radical (unpaired) electrons. The van der Waals surface area contributed by atoms with Gasteiger partial charge >= 0.3 is 0 Å². The molecule has 1 N–H and O–H groups in total. The van der Waals surface area contributed by atoms with Gasteiger partial charge < -0.3 is 10.2 Å². The van der Waals surface area contributed by atoms with Crippen LogP contribution in [-0.2, 0) is 13.1 Å². The van der Waals surface area contributed by atoms with Gasteiger partial charge in [0.05, 0.1) is 6.54 Å². The highest BCUT2D eigenvalue weighted by Crippen LogP contribution is 2.19. The molecule has 4 rings (SSSR count). The molecular formula is C24H21N5O. The maximum absolute atomic E-state index is 13.2. The molecule has 148 valence electrons. The van der Waals surface area contributed by atoms with Crippen LogP contribution >= 0.6 is 0 Å². The van der Waals surface area contributed by atoms with Crippen LogP contribution < -0.4 is 10.2 Å².